The average Bonchev–Trinajstić information content (AvgIpc) is 2.41. The lowest BCUT2D eigenvalue weighted by Crippen LogP contribution is -1.96. The summed E-state index contributed by atoms with van der Waals surface area (Å²) >= 11 is 11.6. The highest BCUT2D eigenvalue weighted by atomic mass is 35.5. The first-order chi connectivity index (χ1) is 9.51. The predicted molar refractivity (Wildman–Crippen MR) is 75.6 cm³/mol. The summed E-state index contributed by atoms with van der Waals surface area (Å²) in [6.07, 6.45) is 0. The minimum atomic E-state index is -0.593. The van der Waals surface area contributed by atoms with Crippen LogP contribution in [-0.2, 0) is 6.61 Å². The van der Waals surface area contributed by atoms with E-state index < -0.39 is 4.92 Å². The molecule has 0 aromatic heterocycles. The highest BCUT2D eigenvalue weighted by Crippen LogP contribution is 2.35. The Hall–Kier alpha value is -1.82. The van der Waals surface area contributed by atoms with Gasteiger partial charge in [-0.05, 0) is 24.3 Å². The summed E-state index contributed by atoms with van der Waals surface area (Å²) in [6.45, 7) is -0.270. The van der Waals surface area contributed by atoms with Crippen LogP contribution in [0.2, 0.25) is 10.0 Å². The Morgan fingerprint density at radius 3 is 2.40 bits per heavy atom. The Bertz CT molecular complexity index is 661. The van der Waals surface area contributed by atoms with E-state index >= 15 is 0 Å². The number of rotatable bonds is 4. The van der Waals surface area contributed by atoms with Gasteiger partial charge in [0.2, 0.25) is 5.75 Å². The second-order valence-corrected chi connectivity index (χ2v) is 4.75. The lowest BCUT2D eigenvalue weighted by atomic mass is 10.2. The molecule has 0 amide bonds. The van der Waals surface area contributed by atoms with Crippen molar-refractivity contribution in [1.29, 1.82) is 0 Å². The van der Waals surface area contributed by atoms with Crippen molar-refractivity contribution in [2.45, 2.75) is 6.61 Å². The summed E-state index contributed by atoms with van der Waals surface area (Å²) in [4.78, 5) is 10.4. The van der Waals surface area contributed by atoms with E-state index in [1.807, 2.05) is 0 Å². The van der Waals surface area contributed by atoms with Crippen molar-refractivity contribution in [3.63, 3.8) is 0 Å². The minimum Gasteiger partial charge on any atom is -0.450 e. The zero-order valence-electron chi connectivity index (χ0n) is 10.0. The van der Waals surface area contributed by atoms with Crippen LogP contribution < -0.4 is 4.74 Å². The first-order valence-corrected chi connectivity index (χ1v) is 6.28. The zero-order chi connectivity index (χ0) is 14.7. The molecule has 0 radical (unpaired) electrons. The van der Waals surface area contributed by atoms with Crippen LogP contribution in [0.3, 0.4) is 0 Å². The van der Waals surface area contributed by atoms with E-state index in [4.69, 9.17) is 27.9 Å². The number of aliphatic hydroxyl groups excluding tert-OH is 1. The summed E-state index contributed by atoms with van der Waals surface area (Å²) < 4.78 is 5.48. The summed E-state index contributed by atoms with van der Waals surface area (Å²) in [5, 5.41) is 20.8. The van der Waals surface area contributed by atoms with Crippen LogP contribution in [0.4, 0.5) is 5.69 Å². The normalized spacial score (nSPS) is 10.3. The number of nitrogens with zero attached hydrogens (tertiary/aromatic N) is 1. The van der Waals surface area contributed by atoms with Gasteiger partial charge in [0.1, 0.15) is 5.75 Å². The number of benzene rings is 2. The maximum atomic E-state index is 11.0. The van der Waals surface area contributed by atoms with E-state index in [1.165, 1.54) is 24.3 Å². The second kappa shape index (κ2) is 6.09. The van der Waals surface area contributed by atoms with Crippen LogP contribution in [0, 0.1) is 10.1 Å². The Kier molecular flexibility index (Phi) is 4.44. The van der Waals surface area contributed by atoms with E-state index in [2.05, 4.69) is 0 Å². The lowest BCUT2D eigenvalue weighted by Gasteiger charge is -2.10. The van der Waals surface area contributed by atoms with E-state index in [9.17, 15) is 15.2 Å². The first-order valence-electron chi connectivity index (χ1n) is 5.52. The van der Waals surface area contributed by atoms with Gasteiger partial charge in [-0.25, -0.2) is 0 Å². The van der Waals surface area contributed by atoms with Crippen molar-refractivity contribution in [1.82, 2.24) is 0 Å². The number of nitro groups is 1. The maximum Gasteiger partial charge on any atom is 0.313 e. The molecule has 0 atom stereocenters. The van der Waals surface area contributed by atoms with Gasteiger partial charge >= 0.3 is 5.69 Å². The second-order valence-electron chi connectivity index (χ2n) is 3.88. The number of halogens is 2. The Morgan fingerprint density at radius 2 is 1.75 bits per heavy atom. The number of nitro benzene ring substituents is 1. The molecule has 0 heterocycles. The fourth-order valence-electron chi connectivity index (χ4n) is 1.59. The van der Waals surface area contributed by atoms with Crippen molar-refractivity contribution < 1.29 is 14.8 Å². The van der Waals surface area contributed by atoms with Crippen LogP contribution in [0.25, 0.3) is 0 Å². The number of hydrogen-bond donors (Lipinski definition) is 1. The third kappa shape index (κ3) is 3.19. The molecule has 0 saturated carbocycles. The fourth-order valence-corrected chi connectivity index (χ4v) is 1.92. The Labute approximate surface area is 124 Å². The molecule has 0 unspecified atom stereocenters. The molecule has 2 aromatic carbocycles. The number of hydrogen-bond acceptors (Lipinski definition) is 4. The molecule has 0 fully saturated rings. The third-order valence-corrected chi connectivity index (χ3v) is 3.01. The molecule has 7 heteroatoms. The molecular weight excluding hydrogens is 305 g/mol. The smallest absolute Gasteiger partial charge is 0.313 e. The van der Waals surface area contributed by atoms with E-state index in [-0.39, 0.29) is 28.8 Å². The minimum absolute atomic E-state index is 0.0244. The summed E-state index contributed by atoms with van der Waals surface area (Å²) in [5.74, 6) is 0.279. The zero-order valence-corrected chi connectivity index (χ0v) is 11.6. The summed E-state index contributed by atoms with van der Waals surface area (Å²) in [6, 6.07) is 8.72. The molecule has 104 valence electrons. The summed E-state index contributed by atoms with van der Waals surface area (Å²) in [5.41, 5.74) is 0.208. The molecule has 2 rings (SSSR count). The fraction of sp³-hybridized carbons (Fsp3) is 0.0769. The van der Waals surface area contributed by atoms with E-state index in [0.29, 0.717) is 10.6 Å². The molecule has 1 N–H and O–H groups in total. The van der Waals surface area contributed by atoms with Gasteiger partial charge < -0.3 is 9.84 Å². The maximum absolute atomic E-state index is 11.0. The average molecular weight is 314 g/mol. The predicted octanol–water partition coefficient (Wildman–Crippen LogP) is 4.19. The molecule has 5 nitrogen and oxygen atoms in total. The van der Waals surface area contributed by atoms with Crippen LogP contribution in [0.5, 0.6) is 11.5 Å². The van der Waals surface area contributed by atoms with Crippen LogP contribution >= 0.6 is 23.2 Å². The van der Waals surface area contributed by atoms with E-state index in [0.717, 1.165) is 0 Å². The Morgan fingerprint density at radius 1 is 1.10 bits per heavy atom. The van der Waals surface area contributed by atoms with Gasteiger partial charge in [-0.2, -0.15) is 0 Å². The van der Waals surface area contributed by atoms with Gasteiger partial charge in [-0.1, -0.05) is 29.3 Å². The molecular formula is C13H9Cl2NO4. The quantitative estimate of drug-likeness (QED) is 0.678. The van der Waals surface area contributed by atoms with Gasteiger partial charge in [0.15, 0.2) is 0 Å². The van der Waals surface area contributed by atoms with Gasteiger partial charge in [-0.15, -0.1) is 0 Å². The topological polar surface area (TPSA) is 72.6 Å². The van der Waals surface area contributed by atoms with Gasteiger partial charge in [-0.3, -0.25) is 10.1 Å². The third-order valence-electron chi connectivity index (χ3n) is 2.54. The van der Waals surface area contributed by atoms with Crippen LogP contribution in [0.15, 0.2) is 36.4 Å². The van der Waals surface area contributed by atoms with Crippen molar-refractivity contribution in [2.24, 2.45) is 0 Å². The van der Waals surface area contributed by atoms with Crippen molar-refractivity contribution >= 4 is 28.9 Å². The largest absolute Gasteiger partial charge is 0.450 e. The summed E-state index contributed by atoms with van der Waals surface area (Å²) in [7, 11) is 0. The Balaban J connectivity index is 2.44. The van der Waals surface area contributed by atoms with Gasteiger partial charge in [0.25, 0.3) is 0 Å². The van der Waals surface area contributed by atoms with Crippen molar-refractivity contribution in [3.05, 3.63) is 62.1 Å². The molecule has 20 heavy (non-hydrogen) atoms. The lowest BCUT2D eigenvalue weighted by molar-refractivity contribution is -0.385. The highest BCUT2D eigenvalue weighted by molar-refractivity contribution is 6.31. The molecule has 0 aliphatic heterocycles. The van der Waals surface area contributed by atoms with Crippen LogP contribution in [-0.4, -0.2) is 10.0 Å². The molecule has 0 aliphatic rings. The van der Waals surface area contributed by atoms with Gasteiger partial charge in [0, 0.05) is 21.7 Å². The molecule has 0 spiro atoms. The van der Waals surface area contributed by atoms with E-state index in [1.54, 1.807) is 12.1 Å². The van der Waals surface area contributed by atoms with Crippen molar-refractivity contribution in [2.75, 3.05) is 0 Å². The highest BCUT2D eigenvalue weighted by Gasteiger charge is 2.17. The SMILES string of the molecule is O=[N+]([O-])c1cc(Cl)ccc1Oc1cc(Cl)ccc1CO. The molecule has 2 aromatic rings. The molecule has 0 aliphatic carbocycles. The number of ether oxygens (including phenoxy) is 1. The van der Waals surface area contributed by atoms with Crippen molar-refractivity contribution in [3.8, 4) is 11.5 Å². The van der Waals surface area contributed by atoms with Gasteiger partial charge in [0.05, 0.1) is 11.5 Å². The molecule has 0 saturated heterocycles. The van der Waals surface area contributed by atoms with Crippen LogP contribution in [0.1, 0.15) is 5.56 Å². The molecule has 0 bridgehead atoms. The first kappa shape index (κ1) is 14.6. The monoisotopic (exact) mass is 313 g/mol. The standard InChI is InChI=1S/C13H9Cl2NO4/c14-9-3-4-12(11(5-9)16(18)19)20-13-6-10(15)2-1-8(13)7-17/h1-6,17H,7H2. The number of aliphatic hydroxyl groups is 1.